The van der Waals surface area contributed by atoms with E-state index in [1.807, 2.05) is 0 Å². The van der Waals surface area contributed by atoms with Gasteiger partial charge in [0, 0.05) is 0 Å². The van der Waals surface area contributed by atoms with Crippen molar-refractivity contribution in [2.75, 3.05) is 0 Å². The highest BCUT2D eigenvalue weighted by atomic mass is 16.5. The smallest absolute Gasteiger partial charge is 0.320 e. The molecular formula is C7H15NO4. The van der Waals surface area contributed by atoms with Crippen molar-refractivity contribution < 1.29 is 20.1 Å². The summed E-state index contributed by atoms with van der Waals surface area (Å²) in [5.74, 6) is -0.981. The number of carbonyl (C=O) groups is 1. The second-order valence-electron chi connectivity index (χ2n) is 2.67. The number of aliphatic hydroxyl groups is 2. The number of aliphatic hydroxyl groups excluding tert-OH is 1. The van der Waals surface area contributed by atoms with Crippen molar-refractivity contribution in [2.24, 2.45) is 0 Å². The number of hydrogen-bond donors (Lipinski definition) is 4. The lowest BCUT2D eigenvalue weighted by Gasteiger charge is -2.19. The maximum atomic E-state index is 10.5. The Kier molecular flexibility index (Phi) is 4.80. The van der Waals surface area contributed by atoms with Crippen LogP contribution in [-0.2, 0) is 4.79 Å². The summed E-state index contributed by atoms with van der Waals surface area (Å²) in [6, 6.07) is -1.35. The van der Waals surface area contributed by atoms with E-state index in [0.717, 1.165) is 0 Å². The van der Waals surface area contributed by atoms with Crippen molar-refractivity contribution in [3.8, 4) is 0 Å². The highest BCUT2D eigenvalue weighted by Gasteiger charge is 2.19. The molecule has 0 saturated heterocycles. The van der Waals surface area contributed by atoms with Gasteiger partial charge in [0.1, 0.15) is 6.04 Å². The van der Waals surface area contributed by atoms with Crippen LogP contribution in [0.5, 0.6) is 0 Å². The molecule has 0 aromatic carbocycles. The summed E-state index contributed by atoms with van der Waals surface area (Å²) in [7, 11) is 0. The van der Waals surface area contributed by atoms with E-state index in [1.165, 1.54) is 6.92 Å². The first kappa shape index (κ1) is 11.4. The summed E-state index contributed by atoms with van der Waals surface area (Å²) in [5, 5.41) is 28.4. The third-order valence-electron chi connectivity index (χ3n) is 1.62. The molecule has 0 aromatic rings. The van der Waals surface area contributed by atoms with Gasteiger partial charge in [0.15, 0.2) is 6.29 Å². The second-order valence-corrected chi connectivity index (χ2v) is 2.67. The Bertz CT molecular complexity index is 148. The molecule has 0 bridgehead atoms. The van der Waals surface area contributed by atoms with E-state index in [-0.39, 0.29) is 0 Å². The monoisotopic (exact) mass is 177 g/mol. The van der Waals surface area contributed by atoms with Crippen molar-refractivity contribution in [3.63, 3.8) is 0 Å². The molecule has 72 valence electrons. The third kappa shape index (κ3) is 3.66. The van der Waals surface area contributed by atoms with Crippen LogP contribution < -0.4 is 5.32 Å². The first-order chi connectivity index (χ1) is 5.49. The zero-order chi connectivity index (χ0) is 9.72. The van der Waals surface area contributed by atoms with Gasteiger partial charge in [-0.2, -0.15) is 0 Å². The highest BCUT2D eigenvalue weighted by molar-refractivity contribution is 5.73. The molecule has 2 atom stereocenters. The van der Waals surface area contributed by atoms with E-state index in [1.54, 1.807) is 6.92 Å². The van der Waals surface area contributed by atoms with Gasteiger partial charge in [-0.25, -0.2) is 0 Å². The third-order valence-corrected chi connectivity index (χ3v) is 1.62. The summed E-state index contributed by atoms with van der Waals surface area (Å²) in [6.07, 6.45) is -1.12. The Hall–Kier alpha value is -0.650. The standard InChI is InChI=1S/C7H15NO4/c1-3-5(7(11)12)8-4(2)6(9)10/h4-6,8-10H,3H2,1-2H3,(H,11,12)/t4-,5+/m1/s1. The van der Waals surface area contributed by atoms with Crippen LogP contribution in [0.2, 0.25) is 0 Å². The zero-order valence-electron chi connectivity index (χ0n) is 7.19. The Morgan fingerprint density at radius 2 is 2.00 bits per heavy atom. The molecule has 0 saturated carbocycles. The fraction of sp³-hybridized carbons (Fsp3) is 0.857. The van der Waals surface area contributed by atoms with Crippen LogP contribution in [0.1, 0.15) is 20.3 Å². The second kappa shape index (κ2) is 5.08. The predicted molar refractivity (Wildman–Crippen MR) is 42.5 cm³/mol. The molecule has 4 N–H and O–H groups in total. The lowest BCUT2D eigenvalue weighted by Crippen LogP contribution is -2.46. The van der Waals surface area contributed by atoms with Crippen LogP contribution in [0.15, 0.2) is 0 Å². The van der Waals surface area contributed by atoms with Gasteiger partial charge in [-0.05, 0) is 13.3 Å². The number of carboxylic acid groups (broad SMARTS) is 1. The molecule has 0 heterocycles. The summed E-state index contributed by atoms with van der Waals surface area (Å²) >= 11 is 0. The van der Waals surface area contributed by atoms with Gasteiger partial charge in [0.05, 0.1) is 6.04 Å². The number of rotatable bonds is 5. The van der Waals surface area contributed by atoms with Crippen molar-refractivity contribution in [1.29, 1.82) is 0 Å². The summed E-state index contributed by atoms with van der Waals surface area (Å²) < 4.78 is 0. The molecule has 0 aromatic heterocycles. The highest BCUT2D eigenvalue weighted by Crippen LogP contribution is 1.96. The van der Waals surface area contributed by atoms with Crippen molar-refractivity contribution >= 4 is 5.97 Å². The maximum Gasteiger partial charge on any atom is 0.320 e. The molecule has 0 spiro atoms. The fourth-order valence-electron chi connectivity index (χ4n) is 0.767. The number of nitrogens with one attached hydrogen (secondary N) is 1. The molecule has 5 heteroatoms. The van der Waals surface area contributed by atoms with E-state index in [0.29, 0.717) is 6.42 Å². The van der Waals surface area contributed by atoms with Gasteiger partial charge < -0.3 is 15.3 Å². The minimum Gasteiger partial charge on any atom is -0.480 e. The molecule has 0 amide bonds. The molecule has 12 heavy (non-hydrogen) atoms. The first-order valence-corrected chi connectivity index (χ1v) is 3.84. The van der Waals surface area contributed by atoms with Gasteiger partial charge in [0.2, 0.25) is 0 Å². The van der Waals surface area contributed by atoms with E-state index in [2.05, 4.69) is 5.32 Å². The predicted octanol–water partition coefficient (Wildman–Crippen LogP) is -0.862. The van der Waals surface area contributed by atoms with Crippen molar-refractivity contribution in [3.05, 3.63) is 0 Å². The lowest BCUT2D eigenvalue weighted by molar-refractivity contribution is -0.140. The average molecular weight is 177 g/mol. The molecule has 0 aliphatic carbocycles. The molecule has 0 unspecified atom stereocenters. The van der Waals surface area contributed by atoms with E-state index < -0.39 is 24.3 Å². The van der Waals surface area contributed by atoms with Crippen LogP contribution in [0.4, 0.5) is 0 Å². The molecule has 0 aliphatic rings. The Morgan fingerprint density at radius 1 is 1.50 bits per heavy atom. The minimum atomic E-state index is -1.53. The maximum absolute atomic E-state index is 10.5. The van der Waals surface area contributed by atoms with E-state index >= 15 is 0 Å². The molecule has 0 aliphatic heterocycles. The van der Waals surface area contributed by atoms with Gasteiger partial charge in [-0.3, -0.25) is 10.1 Å². The number of aliphatic carboxylic acids is 1. The average Bonchev–Trinajstić information content (AvgIpc) is 1.98. The summed E-state index contributed by atoms with van der Waals surface area (Å²) in [6.45, 7) is 3.22. The normalized spacial score (nSPS) is 16.1. The number of carboxylic acids is 1. The Labute approximate surface area is 71.0 Å². The van der Waals surface area contributed by atoms with Crippen molar-refractivity contribution in [2.45, 2.75) is 38.6 Å². The van der Waals surface area contributed by atoms with Crippen LogP contribution >= 0.6 is 0 Å². The van der Waals surface area contributed by atoms with Gasteiger partial charge in [-0.15, -0.1) is 0 Å². The Morgan fingerprint density at radius 3 is 2.25 bits per heavy atom. The first-order valence-electron chi connectivity index (χ1n) is 3.84. The van der Waals surface area contributed by atoms with Crippen molar-refractivity contribution in [1.82, 2.24) is 5.32 Å². The molecule has 5 nitrogen and oxygen atoms in total. The van der Waals surface area contributed by atoms with Crippen LogP contribution in [0.25, 0.3) is 0 Å². The Balaban J connectivity index is 3.94. The fourth-order valence-corrected chi connectivity index (χ4v) is 0.767. The summed E-state index contributed by atoms with van der Waals surface area (Å²) in [5.41, 5.74) is 0. The molecule has 0 radical (unpaired) electrons. The van der Waals surface area contributed by atoms with Gasteiger partial charge >= 0.3 is 5.97 Å². The van der Waals surface area contributed by atoms with Crippen LogP contribution in [-0.4, -0.2) is 39.7 Å². The summed E-state index contributed by atoms with van der Waals surface area (Å²) in [4.78, 5) is 10.5. The molecular weight excluding hydrogens is 162 g/mol. The van der Waals surface area contributed by atoms with E-state index in [9.17, 15) is 4.79 Å². The van der Waals surface area contributed by atoms with Gasteiger partial charge in [-0.1, -0.05) is 6.92 Å². The zero-order valence-corrected chi connectivity index (χ0v) is 7.19. The molecule has 0 rings (SSSR count). The van der Waals surface area contributed by atoms with Crippen LogP contribution in [0.3, 0.4) is 0 Å². The largest absolute Gasteiger partial charge is 0.480 e. The quantitative estimate of drug-likeness (QED) is 0.410. The number of hydrogen-bond acceptors (Lipinski definition) is 4. The topological polar surface area (TPSA) is 89.8 Å². The van der Waals surface area contributed by atoms with E-state index in [4.69, 9.17) is 15.3 Å². The lowest BCUT2D eigenvalue weighted by atomic mass is 10.2. The van der Waals surface area contributed by atoms with Crippen LogP contribution in [0, 0.1) is 0 Å². The molecule has 0 fully saturated rings. The van der Waals surface area contributed by atoms with Gasteiger partial charge in [0.25, 0.3) is 0 Å². The minimum absolute atomic E-state index is 0.409. The SMILES string of the molecule is CC[C@H](N[C@H](C)C(O)O)C(=O)O.